The Hall–Kier alpha value is -2.54. The number of nitrogens with zero attached hydrogens (tertiary/aromatic N) is 6. The van der Waals surface area contributed by atoms with Crippen LogP contribution < -0.4 is 11.3 Å². The number of imidazole rings is 1. The van der Waals surface area contributed by atoms with E-state index in [9.17, 15) is 4.79 Å². The van der Waals surface area contributed by atoms with Crippen LogP contribution in [0.15, 0.2) is 16.3 Å². The van der Waals surface area contributed by atoms with E-state index < -0.39 is 5.56 Å². The SMILES string of the molecule is [N-]=[N+]=Nn1cnc2c(=O)[nH]c(N)nc21. The number of anilines is 1. The molecule has 70 valence electrons. The molecule has 0 atom stereocenters. The van der Waals surface area contributed by atoms with Gasteiger partial charge in [0.2, 0.25) is 5.95 Å². The molecule has 0 unspecified atom stereocenters. The summed E-state index contributed by atoms with van der Waals surface area (Å²) in [4.78, 5) is 23.5. The number of H-pyrrole nitrogens is 1. The predicted octanol–water partition coefficient (Wildman–Crippen LogP) is -0.225. The first-order valence-corrected chi connectivity index (χ1v) is 3.50. The van der Waals surface area contributed by atoms with E-state index in [-0.39, 0.29) is 17.1 Å². The lowest BCUT2D eigenvalue weighted by molar-refractivity contribution is 0.876. The lowest BCUT2D eigenvalue weighted by Crippen LogP contribution is -2.11. The van der Waals surface area contributed by atoms with E-state index in [1.807, 2.05) is 0 Å². The van der Waals surface area contributed by atoms with E-state index in [1.54, 1.807) is 0 Å². The quantitative estimate of drug-likeness (QED) is 0.366. The predicted molar refractivity (Wildman–Crippen MR) is 47.1 cm³/mol. The van der Waals surface area contributed by atoms with Crippen LogP contribution in [0.3, 0.4) is 0 Å². The fourth-order valence-electron chi connectivity index (χ4n) is 1.02. The van der Waals surface area contributed by atoms with Gasteiger partial charge in [-0.2, -0.15) is 9.90 Å². The van der Waals surface area contributed by atoms with E-state index in [4.69, 9.17) is 11.3 Å². The Morgan fingerprint density at radius 1 is 1.71 bits per heavy atom. The van der Waals surface area contributed by atoms with E-state index in [0.717, 1.165) is 4.68 Å². The molecule has 2 aromatic rings. The summed E-state index contributed by atoms with van der Waals surface area (Å²) >= 11 is 0. The van der Waals surface area contributed by atoms with Crippen molar-refractivity contribution in [3.63, 3.8) is 0 Å². The molecular weight excluding hydrogens is 188 g/mol. The molecule has 2 rings (SSSR count). The van der Waals surface area contributed by atoms with Crippen LogP contribution in [0.25, 0.3) is 21.6 Å². The van der Waals surface area contributed by atoms with Gasteiger partial charge in [-0.1, -0.05) is 0 Å². The molecule has 0 saturated heterocycles. The van der Waals surface area contributed by atoms with Gasteiger partial charge < -0.3 is 5.73 Å². The second kappa shape index (κ2) is 2.75. The van der Waals surface area contributed by atoms with Gasteiger partial charge in [-0.25, -0.2) is 4.98 Å². The van der Waals surface area contributed by atoms with Crippen molar-refractivity contribution in [1.29, 1.82) is 0 Å². The summed E-state index contributed by atoms with van der Waals surface area (Å²) in [6.07, 6.45) is 1.19. The number of hydrogen-bond acceptors (Lipinski definition) is 5. The third-order valence-electron chi connectivity index (χ3n) is 1.54. The zero-order valence-corrected chi connectivity index (χ0v) is 6.75. The molecule has 0 aliphatic heterocycles. The maximum atomic E-state index is 11.2. The number of nitrogen functional groups attached to an aromatic ring is 1. The van der Waals surface area contributed by atoms with Gasteiger partial charge in [0.25, 0.3) is 11.2 Å². The first-order valence-electron chi connectivity index (χ1n) is 3.50. The number of hydrogen-bond donors (Lipinski definition) is 2. The molecule has 14 heavy (non-hydrogen) atoms. The zero-order valence-electron chi connectivity index (χ0n) is 6.75. The maximum absolute atomic E-state index is 11.2. The molecule has 0 spiro atoms. The van der Waals surface area contributed by atoms with Crippen molar-refractivity contribution in [2.45, 2.75) is 0 Å². The van der Waals surface area contributed by atoms with E-state index in [0.29, 0.717) is 0 Å². The molecule has 0 aliphatic carbocycles. The molecular formula is C5H4N8O. The number of aromatic nitrogens is 4. The Bertz CT molecular complexity index is 587. The molecule has 2 heterocycles. The standard InChI is InChI=1S/C5H4N8O/c6-5-9-3-2(4(14)10-5)8-1-13(3)12-11-7/h1H,(H3,6,9,10,14). The van der Waals surface area contributed by atoms with Crippen molar-refractivity contribution >= 4 is 17.1 Å². The van der Waals surface area contributed by atoms with Crippen LogP contribution in [0.1, 0.15) is 0 Å². The third-order valence-corrected chi connectivity index (χ3v) is 1.54. The van der Waals surface area contributed by atoms with Crippen LogP contribution in [0.5, 0.6) is 0 Å². The number of fused-ring (bicyclic) bond motifs is 1. The monoisotopic (exact) mass is 192 g/mol. The molecule has 0 bridgehead atoms. The molecule has 2 aromatic heterocycles. The summed E-state index contributed by atoms with van der Waals surface area (Å²) in [5.74, 6) is -0.0580. The van der Waals surface area contributed by atoms with Crippen molar-refractivity contribution in [3.05, 3.63) is 27.1 Å². The van der Waals surface area contributed by atoms with E-state index >= 15 is 0 Å². The Morgan fingerprint density at radius 3 is 3.21 bits per heavy atom. The van der Waals surface area contributed by atoms with Crippen molar-refractivity contribution in [3.8, 4) is 0 Å². The number of rotatable bonds is 1. The van der Waals surface area contributed by atoms with Crippen molar-refractivity contribution < 1.29 is 0 Å². The molecule has 0 aromatic carbocycles. The van der Waals surface area contributed by atoms with Gasteiger partial charge >= 0.3 is 0 Å². The van der Waals surface area contributed by atoms with Crippen LogP contribution in [0.4, 0.5) is 5.95 Å². The van der Waals surface area contributed by atoms with E-state index in [2.05, 4.69) is 25.1 Å². The first kappa shape index (κ1) is 8.08. The molecule has 0 radical (unpaired) electrons. The lowest BCUT2D eigenvalue weighted by Gasteiger charge is -1.90. The van der Waals surface area contributed by atoms with Crippen LogP contribution in [0.2, 0.25) is 0 Å². The zero-order chi connectivity index (χ0) is 10.1. The van der Waals surface area contributed by atoms with Gasteiger partial charge in [0.05, 0.1) is 0 Å². The number of azide groups is 1. The van der Waals surface area contributed by atoms with Gasteiger partial charge in [0.15, 0.2) is 11.8 Å². The molecule has 0 aliphatic rings. The lowest BCUT2D eigenvalue weighted by atomic mass is 10.5. The number of aromatic amines is 1. The van der Waals surface area contributed by atoms with Crippen molar-refractivity contribution in [2.24, 2.45) is 5.22 Å². The minimum absolute atomic E-state index is 0.0580. The average molecular weight is 192 g/mol. The largest absolute Gasteiger partial charge is 0.369 e. The molecule has 9 nitrogen and oxygen atoms in total. The van der Waals surface area contributed by atoms with Gasteiger partial charge in [0, 0.05) is 0 Å². The topological polar surface area (TPSA) is 138 Å². The fourth-order valence-corrected chi connectivity index (χ4v) is 1.02. The highest BCUT2D eigenvalue weighted by Crippen LogP contribution is 2.05. The normalized spacial score (nSPS) is 10.0. The number of nitrogens with one attached hydrogen (secondary N) is 1. The van der Waals surface area contributed by atoms with Gasteiger partial charge in [-0.15, -0.1) is 10.2 Å². The fraction of sp³-hybridized carbons (Fsp3) is 0. The summed E-state index contributed by atoms with van der Waals surface area (Å²) in [6, 6.07) is 0. The molecule has 3 N–H and O–H groups in total. The molecule has 0 saturated carbocycles. The van der Waals surface area contributed by atoms with Gasteiger partial charge in [-0.3, -0.25) is 9.78 Å². The highest BCUT2D eigenvalue weighted by atomic mass is 16.1. The van der Waals surface area contributed by atoms with Crippen LogP contribution in [-0.2, 0) is 0 Å². The number of nitrogens with two attached hydrogens (primary N) is 1. The van der Waals surface area contributed by atoms with Crippen LogP contribution >= 0.6 is 0 Å². The Kier molecular flexibility index (Phi) is 1.58. The van der Waals surface area contributed by atoms with Crippen LogP contribution in [-0.4, -0.2) is 19.6 Å². The second-order valence-corrected chi connectivity index (χ2v) is 2.39. The van der Waals surface area contributed by atoms with Gasteiger partial charge in [0.1, 0.15) is 0 Å². The highest BCUT2D eigenvalue weighted by molar-refractivity contribution is 5.70. The minimum atomic E-state index is -0.473. The summed E-state index contributed by atoms with van der Waals surface area (Å²) < 4.78 is 1.03. The average Bonchev–Trinajstić information content (AvgIpc) is 2.49. The third kappa shape index (κ3) is 1.04. The summed E-state index contributed by atoms with van der Waals surface area (Å²) in [7, 11) is 0. The Labute approximate surface area is 75.8 Å². The summed E-state index contributed by atoms with van der Waals surface area (Å²) in [5.41, 5.74) is 13.2. The maximum Gasteiger partial charge on any atom is 0.282 e. The Balaban J connectivity index is 2.91. The second-order valence-electron chi connectivity index (χ2n) is 2.39. The first-order chi connectivity index (χ1) is 6.72. The highest BCUT2D eigenvalue weighted by Gasteiger charge is 2.11. The molecule has 0 fully saturated rings. The van der Waals surface area contributed by atoms with Crippen LogP contribution in [0, 0.1) is 0 Å². The van der Waals surface area contributed by atoms with E-state index in [1.165, 1.54) is 6.33 Å². The Morgan fingerprint density at radius 2 is 2.50 bits per heavy atom. The van der Waals surface area contributed by atoms with Gasteiger partial charge in [-0.05, 0) is 5.22 Å². The summed E-state index contributed by atoms with van der Waals surface area (Å²) in [5, 5.41) is 3.24. The minimum Gasteiger partial charge on any atom is -0.369 e. The smallest absolute Gasteiger partial charge is 0.282 e. The molecule has 9 heteroatoms. The summed E-state index contributed by atoms with van der Waals surface area (Å²) in [6.45, 7) is 0. The molecule has 0 amide bonds. The van der Waals surface area contributed by atoms with Crippen molar-refractivity contribution in [1.82, 2.24) is 19.6 Å². The van der Waals surface area contributed by atoms with Crippen molar-refractivity contribution in [2.75, 3.05) is 5.73 Å².